The van der Waals surface area contributed by atoms with Crippen LogP contribution in [0.15, 0.2) is 41.6 Å². The van der Waals surface area contributed by atoms with Crippen molar-refractivity contribution in [2.24, 2.45) is 0 Å². The van der Waals surface area contributed by atoms with Crippen LogP contribution in [0, 0.1) is 0 Å². The summed E-state index contributed by atoms with van der Waals surface area (Å²) in [6.45, 7) is 1.41. The standard InChI is InChI=1S/C15H14BrClN2O4S/c1-9(20)15(16)10-3-4-13(23-2)14(7-10)24(21,22)19-12-8-18-6-5-11(12)17/h3-8,15,19H,1-2H3. The molecule has 1 aromatic carbocycles. The summed E-state index contributed by atoms with van der Waals surface area (Å²) >= 11 is 9.20. The first kappa shape index (κ1) is 18.7. The Labute approximate surface area is 153 Å². The lowest BCUT2D eigenvalue weighted by Gasteiger charge is -2.15. The third-order valence-electron chi connectivity index (χ3n) is 3.14. The average molecular weight is 434 g/mol. The maximum atomic E-state index is 12.7. The fourth-order valence-electron chi connectivity index (χ4n) is 1.95. The number of sulfonamides is 1. The minimum Gasteiger partial charge on any atom is -0.495 e. The number of carbonyl (C=O) groups excluding carboxylic acids is 1. The van der Waals surface area contributed by atoms with Crippen molar-refractivity contribution in [2.75, 3.05) is 11.8 Å². The Bertz CT molecular complexity index is 874. The van der Waals surface area contributed by atoms with Crippen LogP contribution < -0.4 is 9.46 Å². The summed E-state index contributed by atoms with van der Waals surface area (Å²) in [7, 11) is -2.63. The van der Waals surface area contributed by atoms with E-state index in [2.05, 4.69) is 25.6 Å². The molecule has 1 heterocycles. The predicted molar refractivity (Wildman–Crippen MR) is 95.4 cm³/mol. The predicted octanol–water partition coefficient (Wildman–Crippen LogP) is 3.57. The molecule has 6 nitrogen and oxygen atoms in total. The Kier molecular flexibility index (Phi) is 5.84. The van der Waals surface area contributed by atoms with Crippen molar-refractivity contribution in [3.63, 3.8) is 0 Å². The molecule has 0 aliphatic carbocycles. The summed E-state index contributed by atoms with van der Waals surface area (Å²) in [6, 6.07) is 5.96. The molecule has 0 amide bonds. The molecule has 0 aliphatic heterocycles. The van der Waals surface area contributed by atoms with Gasteiger partial charge >= 0.3 is 0 Å². The van der Waals surface area contributed by atoms with Gasteiger partial charge in [-0.05, 0) is 30.7 Å². The summed E-state index contributed by atoms with van der Waals surface area (Å²) in [4.78, 5) is 14.7. The van der Waals surface area contributed by atoms with Crippen molar-refractivity contribution in [1.29, 1.82) is 0 Å². The fraction of sp³-hybridized carbons (Fsp3) is 0.200. The van der Waals surface area contributed by atoms with Crippen LogP contribution in [-0.4, -0.2) is 26.3 Å². The number of benzene rings is 1. The lowest BCUT2D eigenvalue weighted by Crippen LogP contribution is -2.15. The minimum absolute atomic E-state index is 0.104. The number of pyridine rings is 1. The molecule has 24 heavy (non-hydrogen) atoms. The number of methoxy groups -OCH3 is 1. The normalized spacial score (nSPS) is 12.5. The molecule has 2 rings (SSSR count). The third-order valence-corrected chi connectivity index (χ3v) is 6.03. The summed E-state index contributed by atoms with van der Waals surface area (Å²) in [5, 5.41) is 0.214. The molecule has 1 unspecified atom stereocenters. The number of anilines is 1. The number of carbonyl (C=O) groups is 1. The molecule has 2 aromatic rings. The van der Waals surface area contributed by atoms with Gasteiger partial charge in [-0.25, -0.2) is 8.42 Å². The van der Waals surface area contributed by atoms with Crippen LogP contribution in [0.25, 0.3) is 0 Å². The maximum absolute atomic E-state index is 12.7. The molecule has 1 atom stereocenters. The summed E-state index contributed by atoms with van der Waals surface area (Å²) < 4.78 is 32.9. The number of nitrogens with one attached hydrogen (secondary N) is 1. The number of rotatable bonds is 6. The highest BCUT2D eigenvalue weighted by Crippen LogP contribution is 2.33. The van der Waals surface area contributed by atoms with Crippen LogP contribution in [0.1, 0.15) is 17.3 Å². The highest BCUT2D eigenvalue weighted by molar-refractivity contribution is 9.09. The van der Waals surface area contributed by atoms with Gasteiger partial charge in [-0.2, -0.15) is 0 Å². The van der Waals surface area contributed by atoms with E-state index in [0.29, 0.717) is 5.56 Å². The van der Waals surface area contributed by atoms with Crippen LogP contribution in [0.5, 0.6) is 5.75 Å². The molecule has 1 aromatic heterocycles. The third kappa shape index (κ3) is 4.06. The molecular formula is C15H14BrClN2O4S. The maximum Gasteiger partial charge on any atom is 0.265 e. The highest BCUT2D eigenvalue weighted by Gasteiger charge is 2.23. The van der Waals surface area contributed by atoms with E-state index in [9.17, 15) is 13.2 Å². The molecule has 128 valence electrons. The Hall–Kier alpha value is -1.64. The van der Waals surface area contributed by atoms with Gasteiger partial charge in [-0.15, -0.1) is 0 Å². The van der Waals surface area contributed by atoms with Crippen LogP contribution in [0.2, 0.25) is 5.02 Å². The molecule has 0 saturated heterocycles. The van der Waals surface area contributed by atoms with Crippen molar-refractivity contribution in [1.82, 2.24) is 4.98 Å². The van der Waals surface area contributed by atoms with E-state index in [1.54, 1.807) is 6.07 Å². The van der Waals surface area contributed by atoms with E-state index in [1.165, 1.54) is 44.6 Å². The zero-order chi connectivity index (χ0) is 17.9. The van der Waals surface area contributed by atoms with Gasteiger partial charge in [0.15, 0.2) is 0 Å². The summed E-state index contributed by atoms with van der Waals surface area (Å²) in [5.41, 5.74) is 0.648. The molecular weight excluding hydrogens is 420 g/mol. The van der Waals surface area contributed by atoms with Gasteiger partial charge in [-0.3, -0.25) is 14.5 Å². The van der Waals surface area contributed by atoms with E-state index in [0.717, 1.165) is 0 Å². The zero-order valence-corrected chi connectivity index (χ0v) is 15.9. The van der Waals surface area contributed by atoms with E-state index in [4.69, 9.17) is 16.3 Å². The van der Waals surface area contributed by atoms with E-state index in [-0.39, 0.29) is 27.1 Å². The molecule has 0 bridgehead atoms. The number of ketones is 1. The lowest BCUT2D eigenvalue weighted by molar-refractivity contribution is -0.116. The first-order valence-electron chi connectivity index (χ1n) is 6.71. The molecule has 0 fully saturated rings. The number of nitrogens with zero attached hydrogens (tertiary/aromatic N) is 1. The number of halogens is 2. The van der Waals surface area contributed by atoms with Crippen LogP contribution >= 0.6 is 27.5 Å². The molecule has 0 spiro atoms. The van der Waals surface area contributed by atoms with Gasteiger partial charge in [0.05, 0.1) is 28.8 Å². The van der Waals surface area contributed by atoms with Crippen molar-refractivity contribution in [3.05, 3.63) is 47.2 Å². The van der Waals surface area contributed by atoms with Gasteiger partial charge in [0.25, 0.3) is 10.0 Å². The number of aromatic nitrogens is 1. The number of Topliss-reactive ketones (excluding diaryl/α,β-unsaturated/α-hetero) is 1. The second-order valence-corrected chi connectivity index (χ2v) is 7.82. The van der Waals surface area contributed by atoms with E-state index >= 15 is 0 Å². The molecule has 0 aliphatic rings. The molecule has 0 saturated carbocycles. The highest BCUT2D eigenvalue weighted by atomic mass is 79.9. The SMILES string of the molecule is COc1ccc(C(Br)C(C)=O)cc1S(=O)(=O)Nc1cnccc1Cl. The smallest absolute Gasteiger partial charge is 0.265 e. The summed E-state index contributed by atoms with van der Waals surface area (Å²) in [5.74, 6) is 0.00120. The van der Waals surface area contributed by atoms with Gasteiger partial charge in [0, 0.05) is 6.20 Å². The number of alkyl halides is 1. The van der Waals surface area contributed by atoms with Gasteiger partial charge in [-0.1, -0.05) is 33.6 Å². The number of ether oxygens (including phenoxy) is 1. The first-order valence-corrected chi connectivity index (χ1v) is 9.48. The average Bonchev–Trinajstić information content (AvgIpc) is 2.55. The monoisotopic (exact) mass is 432 g/mol. The van der Waals surface area contributed by atoms with Crippen molar-refractivity contribution >= 4 is 49.0 Å². The van der Waals surface area contributed by atoms with E-state index < -0.39 is 14.9 Å². The Morgan fingerprint density at radius 2 is 2.08 bits per heavy atom. The lowest BCUT2D eigenvalue weighted by atomic mass is 10.1. The van der Waals surface area contributed by atoms with Crippen LogP contribution in [-0.2, 0) is 14.8 Å². The van der Waals surface area contributed by atoms with Crippen molar-refractivity contribution < 1.29 is 17.9 Å². The number of hydrogen-bond acceptors (Lipinski definition) is 5. The van der Waals surface area contributed by atoms with Crippen LogP contribution in [0.3, 0.4) is 0 Å². The second-order valence-electron chi connectivity index (χ2n) is 4.84. The topological polar surface area (TPSA) is 85.4 Å². The molecule has 9 heteroatoms. The zero-order valence-electron chi connectivity index (χ0n) is 12.8. The van der Waals surface area contributed by atoms with Gasteiger partial charge in [0.1, 0.15) is 16.4 Å². The Morgan fingerprint density at radius 1 is 1.38 bits per heavy atom. The molecule has 1 N–H and O–H groups in total. The fourth-order valence-corrected chi connectivity index (χ4v) is 3.71. The largest absolute Gasteiger partial charge is 0.495 e. The van der Waals surface area contributed by atoms with Crippen LogP contribution in [0.4, 0.5) is 5.69 Å². The first-order chi connectivity index (χ1) is 11.3. The minimum atomic E-state index is -3.99. The van der Waals surface area contributed by atoms with Gasteiger partial charge in [0.2, 0.25) is 0 Å². The van der Waals surface area contributed by atoms with Crippen molar-refractivity contribution in [2.45, 2.75) is 16.6 Å². The van der Waals surface area contributed by atoms with Crippen molar-refractivity contribution in [3.8, 4) is 5.75 Å². The molecule has 0 radical (unpaired) electrons. The quantitative estimate of drug-likeness (QED) is 0.704. The van der Waals surface area contributed by atoms with E-state index in [1.807, 2.05) is 0 Å². The number of hydrogen-bond donors (Lipinski definition) is 1. The second kappa shape index (κ2) is 7.50. The van der Waals surface area contributed by atoms with Gasteiger partial charge < -0.3 is 4.74 Å². The Morgan fingerprint density at radius 3 is 2.67 bits per heavy atom. The Balaban J connectivity index is 2.50. The summed E-state index contributed by atoms with van der Waals surface area (Å²) in [6.07, 6.45) is 2.75.